The Kier molecular flexibility index (Phi) is 6.75. The van der Waals surface area contributed by atoms with Gasteiger partial charge in [0, 0.05) is 47.0 Å². The number of halogens is 1. The molecule has 4 N–H and O–H groups in total. The van der Waals surface area contributed by atoms with Crippen LogP contribution in [0.3, 0.4) is 0 Å². The number of amides is 3. The number of carbonyl (C=O) groups excluding carboxylic acids is 2. The van der Waals surface area contributed by atoms with E-state index in [1.54, 1.807) is 36.7 Å². The van der Waals surface area contributed by atoms with E-state index in [9.17, 15) is 9.59 Å². The molecule has 1 fully saturated rings. The third kappa shape index (κ3) is 4.94. The fourth-order valence-corrected chi connectivity index (χ4v) is 4.52. The molecule has 3 amide bonds. The number of pyridine rings is 1. The number of rotatable bonds is 6. The van der Waals surface area contributed by atoms with Crippen LogP contribution in [0.1, 0.15) is 37.3 Å². The van der Waals surface area contributed by atoms with Crippen molar-refractivity contribution in [2.45, 2.75) is 31.7 Å². The number of nitrogens with one attached hydrogen (secondary N) is 2. The van der Waals surface area contributed by atoms with Crippen molar-refractivity contribution in [1.82, 2.24) is 10.3 Å². The van der Waals surface area contributed by atoms with Gasteiger partial charge in [0.1, 0.15) is 0 Å². The van der Waals surface area contributed by atoms with Crippen molar-refractivity contribution >= 4 is 45.7 Å². The first-order chi connectivity index (χ1) is 15.5. The lowest BCUT2D eigenvalue weighted by Crippen LogP contribution is -2.35. The normalized spacial score (nSPS) is 14.7. The van der Waals surface area contributed by atoms with Crippen LogP contribution in [0.25, 0.3) is 10.8 Å². The molecule has 0 bridgehead atoms. The van der Waals surface area contributed by atoms with Gasteiger partial charge in [0.25, 0.3) is 0 Å². The summed E-state index contributed by atoms with van der Waals surface area (Å²) < 4.78 is 0. The molecule has 1 saturated heterocycles. The van der Waals surface area contributed by atoms with Crippen LogP contribution >= 0.6 is 11.6 Å². The Hall–Kier alpha value is -3.32. The van der Waals surface area contributed by atoms with Crippen molar-refractivity contribution in [2.24, 2.45) is 5.73 Å². The van der Waals surface area contributed by atoms with E-state index in [0.29, 0.717) is 16.3 Å². The molecule has 1 aromatic heterocycles. The molecule has 0 radical (unpaired) electrons. The minimum atomic E-state index is -0.719. The van der Waals surface area contributed by atoms with E-state index in [2.05, 4.69) is 26.6 Å². The van der Waals surface area contributed by atoms with E-state index < -0.39 is 12.1 Å². The Morgan fingerprint density at radius 3 is 2.59 bits per heavy atom. The van der Waals surface area contributed by atoms with Gasteiger partial charge in [0.05, 0.1) is 18.2 Å². The molecular formula is C24H26ClN5O2. The molecule has 0 aliphatic carbocycles. The van der Waals surface area contributed by atoms with Crippen LogP contribution in [-0.2, 0) is 4.79 Å². The SMILES string of the molecule is NC(=O)N[C@H](CC(=O)Nc1ccc(N2CCCCC2)c2ccncc12)c1ccccc1Cl. The average Bonchev–Trinajstić information content (AvgIpc) is 2.79. The number of urea groups is 1. The number of nitrogens with zero attached hydrogens (tertiary/aromatic N) is 2. The van der Waals surface area contributed by atoms with Gasteiger partial charge in [-0.25, -0.2) is 4.79 Å². The predicted molar refractivity (Wildman–Crippen MR) is 128 cm³/mol. The van der Waals surface area contributed by atoms with Gasteiger partial charge in [-0.05, 0) is 49.1 Å². The number of hydrogen-bond donors (Lipinski definition) is 3. The summed E-state index contributed by atoms with van der Waals surface area (Å²) in [5, 5.41) is 7.98. The van der Waals surface area contributed by atoms with Crippen LogP contribution < -0.4 is 21.3 Å². The first kappa shape index (κ1) is 21.9. The smallest absolute Gasteiger partial charge is 0.312 e. The highest BCUT2D eigenvalue weighted by molar-refractivity contribution is 6.31. The highest BCUT2D eigenvalue weighted by Gasteiger charge is 2.21. The van der Waals surface area contributed by atoms with E-state index in [0.717, 1.165) is 29.5 Å². The molecule has 7 nitrogen and oxygen atoms in total. The second kappa shape index (κ2) is 9.87. The number of nitrogens with two attached hydrogens (primary N) is 1. The molecule has 1 aliphatic rings. The largest absolute Gasteiger partial charge is 0.371 e. The van der Waals surface area contributed by atoms with Crippen molar-refractivity contribution in [3.8, 4) is 0 Å². The molecule has 0 unspecified atom stereocenters. The number of piperidine rings is 1. The maximum atomic E-state index is 12.9. The molecule has 2 heterocycles. The molecule has 1 aliphatic heterocycles. The summed E-state index contributed by atoms with van der Waals surface area (Å²) in [4.78, 5) is 31.1. The molecule has 166 valence electrons. The number of benzene rings is 2. The lowest BCUT2D eigenvalue weighted by atomic mass is 10.0. The first-order valence-corrected chi connectivity index (χ1v) is 11.1. The van der Waals surface area contributed by atoms with Crippen molar-refractivity contribution in [1.29, 1.82) is 0 Å². The second-order valence-electron chi connectivity index (χ2n) is 7.94. The lowest BCUT2D eigenvalue weighted by molar-refractivity contribution is -0.116. The standard InChI is InChI=1S/C24H26ClN5O2/c25-19-7-3-2-6-17(19)21(29-24(26)32)14-23(31)28-20-8-9-22(30-12-4-1-5-13-30)16-10-11-27-15-18(16)20/h2-3,6-11,15,21H,1,4-5,12-14H2,(H,28,31)(H3,26,29,32)/t21-/m1/s1. The summed E-state index contributed by atoms with van der Waals surface area (Å²) in [6.45, 7) is 2.06. The van der Waals surface area contributed by atoms with Crippen molar-refractivity contribution in [3.63, 3.8) is 0 Å². The van der Waals surface area contributed by atoms with Gasteiger partial charge < -0.3 is 21.3 Å². The molecule has 32 heavy (non-hydrogen) atoms. The Bertz CT molecular complexity index is 1130. The third-order valence-corrected chi connectivity index (χ3v) is 6.10. The van der Waals surface area contributed by atoms with E-state index in [-0.39, 0.29) is 12.3 Å². The maximum Gasteiger partial charge on any atom is 0.312 e. The summed E-state index contributed by atoms with van der Waals surface area (Å²) in [7, 11) is 0. The second-order valence-corrected chi connectivity index (χ2v) is 8.34. The number of aromatic nitrogens is 1. The summed E-state index contributed by atoms with van der Waals surface area (Å²) in [6, 6.07) is 11.7. The molecule has 8 heteroatoms. The zero-order chi connectivity index (χ0) is 22.5. The third-order valence-electron chi connectivity index (χ3n) is 5.75. The summed E-state index contributed by atoms with van der Waals surface area (Å²) in [5.74, 6) is -0.264. The predicted octanol–water partition coefficient (Wildman–Crippen LogP) is 4.62. The Balaban J connectivity index is 1.58. The molecule has 0 saturated carbocycles. The van der Waals surface area contributed by atoms with Gasteiger partial charge in [-0.1, -0.05) is 29.8 Å². The molecule has 4 rings (SSSR count). The average molecular weight is 452 g/mol. The zero-order valence-corrected chi connectivity index (χ0v) is 18.4. The molecular weight excluding hydrogens is 426 g/mol. The summed E-state index contributed by atoms with van der Waals surface area (Å²) in [5.41, 5.74) is 7.80. The number of hydrogen-bond acceptors (Lipinski definition) is 4. The highest BCUT2D eigenvalue weighted by Crippen LogP contribution is 2.34. The van der Waals surface area contributed by atoms with Crippen LogP contribution in [0.5, 0.6) is 0 Å². The van der Waals surface area contributed by atoms with Crippen molar-refractivity contribution in [3.05, 3.63) is 65.4 Å². The topological polar surface area (TPSA) is 100 Å². The summed E-state index contributed by atoms with van der Waals surface area (Å²) in [6.07, 6.45) is 7.15. The van der Waals surface area contributed by atoms with Gasteiger partial charge in [-0.2, -0.15) is 0 Å². The fraction of sp³-hybridized carbons (Fsp3) is 0.292. The van der Waals surface area contributed by atoms with Gasteiger partial charge in [-0.3, -0.25) is 9.78 Å². The first-order valence-electron chi connectivity index (χ1n) is 10.7. The number of carbonyl (C=O) groups is 2. The molecule has 0 spiro atoms. The van der Waals surface area contributed by atoms with E-state index in [1.165, 1.54) is 19.3 Å². The lowest BCUT2D eigenvalue weighted by Gasteiger charge is -2.30. The minimum Gasteiger partial charge on any atom is -0.371 e. The Labute approximate surface area is 191 Å². The van der Waals surface area contributed by atoms with Crippen molar-refractivity contribution in [2.75, 3.05) is 23.3 Å². The van der Waals surface area contributed by atoms with Crippen LogP contribution in [-0.4, -0.2) is 30.0 Å². The monoisotopic (exact) mass is 451 g/mol. The fourth-order valence-electron chi connectivity index (χ4n) is 4.25. The Morgan fingerprint density at radius 1 is 1.06 bits per heavy atom. The van der Waals surface area contributed by atoms with Crippen LogP contribution in [0.2, 0.25) is 5.02 Å². The van der Waals surface area contributed by atoms with Crippen molar-refractivity contribution < 1.29 is 9.59 Å². The van der Waals surface area contributed by atoms with Crippen LogP contribution in [0, 0.1) is 0 Å². The number of primary amides is 1. The zero-order valence-electron chi connectivity index (χ0n) is 17.7. The molecule has 2 aromatic carbocycles. The van der Waals surface area contributed by atoms with Crippen LogP contribution in [0.15, 0.2) is 54.9 Å². The Morgan fingerprint density at radius 2 is 1.84 bits per heavy atom. The van der Waals surface area contributed by atoms with Gasteiger partial charge in [-0.15, -0.1) is 0 Å². The maximum absolute atomic E-state index is 12.9. The van der Waals surface area contributed by atoms with Gasteiger partial charge >= 0.3 is 6.03 Å². The highest BCUT2D eigenvalue weighted by atomic mass is 35.5. The van der Waals surface area contributed by atoms with E-state index in [1.807, 2.05) is 12.1 Å². The van der Waals surface area contributed by atoms with E-state index >= 15 is 0 Å². The van der Waals surface area contributed by atoms with Crippen LogP contribution in [0.4, 0.5) is 16.2 Å². The molecule has 3 aromatic rings. The summed E-state index contributed by atoms with van der Waals surface area (Å²) >= 11 is 6.28. The minimum absolute atomic E-state index is 0.0116. The number of anilines is 2. The quantitative estimate of drug-likeness (QED) is 0.509. The molecule has 1 atom stereocenters. The van der Waals surface area contributed by atoms with Gasteiger partial charge in [0.2, 0.25) is 5.91 Å². The number of fused-ring (bicyclic) bond motifs is 1. The van der Waals surface area contributed by atoms with Gasteiger partial charge in [0.15, 0.2) is 0 Å². The van der Waals surface area contributed by atoms with E-state index in [4.69, 9.17) is 17.3 Å².